The summed E-state index contributed by atoms with van der Waals surface area (Å²) in [6, 6.07) is 0. The van der Waals surface area contributed by atoms with Gasteiger partial charge in [-0.3, -0.25) is 14.4 Å². The number of ether oxygens (including phenoxy) is 2. The molecular weight excluding hydrogens is 452 g/mol. The van der Waals surface area contributed by atoms with Gasteiger partial charge in [0.25, 0.3) is 0 Å². The normalized spacial score (nSPS) is 42.6. The molecule has 0 heterocycles. The standard InChI is InChI=1S/C31H50O5/c1-7-21-25-18-20(36-26(32)8-2)14-16-31(25,6)24-15-17-30(5)22(11-12-23(30)28(24)29(21)34)19(4)10-13-27(33)35-9-3/h19-25,28H,7-18H2,1-6H3/t19?,20-,21-,22-,23+,24+,25+,28+,30-,31-/m1/s1. The van der Waals surface area contributed by atoms with Crippen LogP contribution in [-0.4, -0.2) is 30.4 Å². The van der Waals surface area contributed by atoms with Crippen LogP contribution in [0.2, 0.25) is 0 Å². The van der Waals surface area contributed by atoms with Gasteiger partial charge >= 0.3 is 11.9 Å². The van der Waals surface area contributed by atoms with Crippen LogP contribution in [0, 0.1) is 52.3 Å². The van der Waals surface area contributed by atoms with Gasteiger partial charge in [-0.15, -0.1) is 0 Å². The lowest BCUT2D eigenvalue weighted by Gasteiger charge is -2.62. The van der Waals surface area contributed by atoms with Gasteiger partial charge in [0.1, 0.15) is 11.9 Å². The smallest absolute Gasteiger partial charge is 0.305 e. The molecule has 10 atom stereocenters. The van der Waals surface area contributed by atoms with Crippen molar-refractivity contribution in [1.82, 2.24) is 0 Å². The Morgan fingerprint density at radius 3 is 2.31 bits per heavy atom. The molecule has 0 bridgehead atoms. The van der Waals surface area contributed by atoms with Crippen LogP contribution in [0.25, 0.3) is 0 Å². The number of esters is 2. The molecule has 1 unspecified atom stereocenters. The topological polar surface area (TPSA) is 69.7 Å². The zero-order valence-corrected chi connectivity index (χ0v) is 23.6. The van der Waals surface area contributed by atoms with Gasteiger partial charge in [-0.25, -0.2) is 0 Å². The summed E-state index contributed by atoms with van der Waals surface area (Å²) in [4.78, 5) is 38.3. The fraction of sp³-hybridized carbons (Fsp3) is 0.903. The third-order valence-electron chi connectivity index (χ3n) is 11.6. The van der Waals surface area contributed by atoms with E-state index in [1.165, 1.54) is 12.8 Å². The van der Waals surface area contributed by atoms with E-state index in [2.05, 4.69) is 27.7 Å². The lowest BCUT2D eigenvalue weighted by molar-refractivity contribution is -0.179. The van der Waals surface area contributed by atoms with Crippen LogP contribution in [0.4, 0.5) is 0 Å². The van der Waals surface area contributed by atoms with E-state index in [4.69, 9.17) is 9.47 Å². The van der Waals surface area contributed by atoms with E-state index in [1.807, 2.05) is 13.8 Å². The molecular formula is C31H50O5. The summed E-state index contributed by atoms with van der Waals surface area (Å²) < 4.78 is 11.0. The Morgan fingerprint density at radius 2 is 1.64 bits per heavy atom. The second-order valence-corrected chi connectivity index (χ2v) is 13.1. The first-order valence-electron chi connectivity index (χ1n) is 15.0. The van der Waals surface area contributed by atoms with Crippen LogP contribution in [0.1, 0.15) is 112 Å². The van der Waals surface area contributed by atoms with E-state index < -0.39 is 0 Å². The molecule has 5 heteroatoms. The molecule has 4 aliphatic carbocycles. The van der Waals surface area contributed by atoms with Gasteiger partial charge in [0.2, 0.25) is 0 Å². The number of ketones is 1. The number of rotatable bonds is 8. The Kier molecular flexibility index (Phi) is 8.27. The Bertz CT molecular complexity index is 837. The first kappa shape index (κ1) is 27.6. The lowest BCUT2D eigenvalue weighted by atomic mass is 9.42. The summed E-state index contributed by atoms with van der Waals surface area (Å²) >= 11 is 0. The second kappa shape index (κ2) is 10.8. The van der Waals surface area contributed by atoms with Gasteiger partial charge < -0.3 is 9.47 Å². The minimum Gasteiger partial charge on any atom is -0.466 e. The zero-order valence-electron chi connectivity index (χ0n) is 23.6. The van der Waals surface area contributed by atoms with Crippen LogP contribution >= 0.6 is 0 Å². The van der Waals surface area contributed by atoms with Crippen molar-refractivity contribution >= 4 is 17.7 Å². The maximum absolute atomic E-state index is 14.3. The summed E-state index contributed by atoms with van der Waals surface area (Å²) in [5, 5.41) is 0. The first-order valence-corrected chi connectivity index (χ1v) is 15.0. The first-order chi connectivity index (χ1) is 17.1. The molecule has 0 saturated heterocycles. The van der Waals surface area contributed by atoms with Crippen molar-refractivity contribution in [1.29, 1.82) is 0 Å². The molecule has 36 heavy (non-hydrogen) atoms. The molecule has 5 nitrogen and oxygen atoms in total. The third-order valence-corrected chi connectivity index (χ3v) is 11.6. The van der Waals surface area contributed by atoms with E-state index in [1.54, 1.807) is 0 Å². The highest BCUT2D eigenvalue weighted by atomic mass is 16.5. The van der Waals surface area contributed by atoms with Crippen molar-refractivity contribution in [2.75, 3.05) is 6.61 Å². The summed E-state index contributed by atoms with van der Waals surface area (Å²) in [6.45, 7) is 13.6. The van der Waals surface area contributed by atoms with Gasteiger partial charge in [-0.1, -0.05) is 34.6 Å². The Morgan fingerprint density at radius 1 is 0.944 bits per heavy atom. The number of hydrogen-bond donors (Lipinski definition) is 0. The Hall–Kier alpha value is -1.39. The second-order valence-electron chi connectivity index (χ2n) is 13.1. The van der Waals surface area contributed by atoms with Crippen LogP contribution in [-0.2, 0) is 23.9 Å². The molecule has 4 aliphatic rings. The summed E-state index contributed by atoms with van der Waals surface area (Å²) in [7, 11) is 0. The van der Waals surface area contributed by atoms with E-state index in [-0.39, 0.29) is 40.7 Å². The summed E-state index contributed by atoms with van der Waals surface area (Å²) in [5.41, 5.74) is 0.337. The van der Waals surface area contributed by atoms with E-state index in [0.717, 1.165) is 44.9 Å². The van der Waals surface area contributed by atoms with Gasteiger partial charge in [-0.2, -0.15) is 0 Å². The molecule has 0 aliphatic heterocycles. The summed E-state index contributed by atoms with van der Waals surface area (Å²) in [6.07, 6.45) is 10.1. The quantitative estimate of drug-likeness (QED) is 0.343. The number of fused-ring (bicyclic) bond motifs is 5. The van der Waals surface area contributed by atoms with Gasteiger partial charge in [0.05, 0.1) is 6.61 Å². The highest BCUT2D eigenvalue weighted by Gasteiger charge is 2.65. The molecule has 0 aromatic rings. The molecule has 204 valence electrons. The number of carbonyl (C=O) groups excluding carboxylic acids is 3. The van der Waals surface area contributed by atoms with Crippen LogP contribution in [0.5, 0.6) is 0 Å². The van der Waals surface area contributed by atoms with Gasteiger partial charge in [0.15, 0.2) is 0 Å². The van der Waals surface area contributed by atoms with Crippen LogP contribution in [0.15, 0.2) is 0 Å². The Labute approximate surface area is 218 Å². The predicted octanol–water partition coefficient (Wildman–Crippen LogP) is 6.76. The van der Waals surface area contributed by atoms with Crippen molar-refractivity contribution in [2.24, 2.45) is 52.3 Å². The van der Waals surface area contributed by atoms with Crippen LogP contribution in [0.3, 0.4) is 0 Å². The lowest BCUT2D eigenvalue weighted by Crippen LogP contribution is -2.60. The molecule has 4 rings (SSSR count). The molecule has 0 amide bonds. The number of carbonyl (C=O) groups is 3. The molecule has 0 N–H and O–H groups in total. The van der Waals surface area contributed by atoms with E-state index >= 15 is 0 Å². The molecule has 0 aromatic carbocycles. The fourth-order valence-electron chi connectivity index (χ4n) is 9.75. The van der Waals surface area contributed by atoms with Crippen molar-refractivity contribution < 1.29 is 23.9 Å². The highest BCUT2D eigenvalue weighted by Crippen LogP contribution is 2.68. The predicted molar refractivity (Wildman–Crippen MR) is 140 cm³/mol. The molecule has 4 saturated carbocycles. The van der Waals surface area contributed by atoms with Crippen molar-refractivity contribution in [2.45, 2.75) is 118 Å². The fourth-order valence-corrected chi connectivity index (χ4v) is 9.75. The average Bonchev–Trinajstić information content (AvgIpc) is 3.21. The average molecular weight is 503 g/mol. The van der Waals surface area contributed by atoms with Crippen molar-refractivity contribution in [3.05, 3.63) is 0 Å². The largest absolute Gasteiger partial charge is 0.466 e. The van der Waals surface area contributed by atoms with Gasteiger partial charge in [-0.05, 0) is 105 Å². The molecule has 0 radical (unpaired) electrons. The van der Waals surface area contributed by atoms with Crippen LogP contribution < -0.4 is 0 Å². The molecule has 0 aromatic heterocycles. The maximum Gasteiger partial charge on any atom is 0.305 e. The van der Waals surface area contributed by atoms with Crippen molar-refractivity contribution in [3.8, 4) is 0 Å². The highest BCUT2D eigenvalue weighted by molar-refractivity contribution is 5.86. The molecule has 0 spiro atoms. The SMILES string of the molecule is CCOC(=O)CCC(C)[C@H]1CC[C@H]2[C@@H]3C(=O)[C@H](CC)[C@@H]4C[C@H](OC(=O)CC)CC[C@]4(C)[C@H]3CC[C@]12C. The van der Waals surface area contributed by atoms with Crippen molar-refractivity contribution in [3.63, 3.8) is 0 Å². The minimum absolute atomic E-state index is 0.0288. The maximum atomic E-state index is 14.3. The summed E-state index contributed by atoms with van der Waals surface area (Å²) in [5.74, 6) is 2.85. The van der Waals surface area contributed by atoms with E-state index in [9.17, 15) is 14.4 Å². The third kappa shape index (κ3) is 4.66. The zero-order chi connectivity index (χ0) is 26.3. The van der Waals surface area contributed by atoms with E-state index in [0.29, 0.717) is 54.8 Å². The minimum atomic E-state index is -0.112. The number of hydrogen-bond acceptors (Lipinski definition) is 5. The Balaban J connectivity index is 1.53. The number of Topliss-reactive ketones (excluding diaryl/α,β-unsaturated/α-hetero) is 1. The monoisotopic (exact) mass is 502 g/mol. The van der Waals surface area contributed by atoms with Gasteiger partial charge in [0, 0.05) is 24.7 Å². The molecule has 4 fully saturated rings.